The molecule has 2 rings (SSSR count). The minimum atomic E-state index is -0.505. The molecule has 0 aliphatic heterocycles. The van der Waals surface area contributed by atoms with Crippen LogP contribution in [0.1, 0.15) is 32.8 Å². The van der Waals surface area contributed by atoms with E-state index in [1.165, 1.54) is 5.56 Å². The highest BCUT2D eigenvalue weighted by Gasteiger charge is 2.13. The van der Waals surface area contributed by atoms with E-state index in [0.29, 0.717) is 12.3 Å². The summed E-state index contributed by atoms with van der Waals surface area (Å²) in [6, 6.07) is 17.5. The third-order valence-corrected chi connectivity index (χ3v) is 3.66. The van der Waals surface area contributed by atoms with E-state index in [1.54, 1.807) is 6.92 Å². The Labute approximate surface area is 150 Å². The maximum Gasteiger partial charge on any atom is 0.260 e. The molecule has 0 aliphatic carbocycles. The highest BCUT2D eigenvalue weighted by Crippen LogP contribution is 2.15. The van der Waals surface area contributed by atoms with Gasteiger partial charge in [0.1, 0.15) is 11.5 Å². The second kappa shape index (κ2) is 9.72. The van der Waals surface area contributed by atoms with E-state index in [4.69, 9.17) is 9.47 Å². The number of hydrogen-bond acceptors (Lipinski definition) is 3. The third kappa shape index (κ3) is 6.87. The highest BCUT2D eigenvalue weighted by atomic mass is 16.5. The van der Waals surface area contributed by atoms with Gasteiger partial charge in [-0.1, -0.05) is 30.3 Å². The monoisotopic (exact) mass is 341 g/mol. The summed E-state index contributed by atoms with van der Waals surface area (Å²) in [6.07, 6.45) is 1.47. The van der Waals surface area contributed by atoms with E-state index in [1.807, 2.05) is 56.3 Å². The Hall–Kier alpha value is -2.49. The molecular weight excluding hydrogens is 314 g/mol. The Morgan fingerprint density at radius 1 is 0.920 bits per heavy atom. The predicted molar refractivity (Wildman–Crippen MR) is 100 cm³/mol. The fourth-order valence-electron chi connectivity index (χ4n) is 2.41. The molecule has 1 unspecified atom stereocenters. The van der Waals surface area contributed by atoms with Crippen LogP contribution < -0.4 is 14.8 Å². The van der Waals surface area contributed by atoms with Crippen LogP contribution in [0.15, 0.2) is 54.6 Å². The number of amides is 1. The summed E-state index contributed by atoms with van der Waals surface area (Å²) < 4.78 is 11.2. The van der Waals surface area contributed by atoms with Gasteiger partial charge in [0.2, 0.25) is 0 Å². The number of para-hydroxylation sites is 1. The molecule has 4 heteroatoms. The number of aryl methyl sites for hydroxylation is 1. The summed E-state index contributed by atoms with van der Waals surface area (Å²) in [5.74, 6) is 1.50. The summed E-state index contributed by atoms with van der Waals surface area (Å²) in [4.78, 5) is 12.1. The van der Waals surface area contributed by atoms with Gasteiger partial charge in [-0.15, -0.1) is 0 Å². The van der Waals surface area contributed by atoms with Crippen LogP contribution in [0.25, 0.3) is 0 Å². The van der Waals surface area contributed by atoms with Crippen LogP contribution in [0.3, 0.4) is 0 Å². The largest absolute Gasteiger partial charge is 0.491 e. The van der Waals surface area contributed by atoms with Gasteiger partial charge in [0.05, 0.1) is 6.10 Å². The number of ether oxygens (including phenoxy) is 2. The number of rotatable bonds is 9. The van der Waals surface area contributed by atoms with E-state index in [2.05, 4.69) is 17.4 Å². The Morgan fingerprint density at radius 3 is 2.20 bits per heavy atom. The summed E-state index contributed by atoms with van der Waals surface area (Å²) in [5.41, 5.74) is 1.24. The van der Waals surface area contributed by atoms with Crippen molar-refractivity contribution >= 4 is 5.91 Å². The van der Waals surface area contributed by atoms with Crippen molar-refractivity contribution in [2.45, 2.75) is 45.8 Å². The number of nitrogens with one attached hydrogen (secondary N) is 1. The molecular formula is C21H27NO3. The Bertz CT molecular complexity index is 638. The van der Waals surface area contributed by atoms with Crippen molar-refractivity contribution in [3.63, 3.8) is 0 Å². The molecule has 0 saturated heterocycles. The number of benzene rings is 2. The summed E-state index contributed by atoms with van der Waals surface area (Å²) in [7, 11) is 0. The predicted octanol–water partition coefficient (Wildman–Crippen LogP) is 3.99. The summed E-state index contributed by atoms with van der Waals surface area (Å²) in [5, 5.41) is 2.92. The maximum absolute atomic E-state index is 12.1. The molecule has 1 N–H and O–H groups in total. The average Bonchev–Trinajstić information content (AvgIpc) is 2.60. The number of hydrogen-bond donors (Lipinski definition) is 1. The third-order valence-electron chi connectivity index (χ3n) is 3.66. The van der Waals surface area contributed by atoms with Gasteiger partial charge in [0.15, 0.2) is 6.10 Å². The van der Waals surface area contributed by atoms with Crippen LogP contribution in [0, 0.1) is 0 Å². The van der Waals surface area contributed by atoms with Gasteiger partial charge >= 0.3 is 0 Å². The van der Waals surface area contributed by atoms with Crippen LogP contribution >= 0.6 is 0 Å². The standard InChI is InChI=1S/C21H27NO3/c1-16(2)24-20-13-11-18(12-14-20)8-7-15-22-21(23)17(3)25-19-9-5-4-6-10-19/h4-6,9-14,16-17H,7-8,15H2,1-3H3,(H,22,23). The SMILES string of the molecule is CC(C)Oc1ccc(CCCNC(=O)C(C)Oc2ccccc2)cc1. The fraction of sp³-hybridized carbons (Fsp3) is 0.381. The minimum absolute atomic E-state index is 0.0930. The Kier molecular flexibility index (Phi) is 7.33. The molecule has 0 saturated carbocycles. The van der Waals surface area contributed by atoms with Gasteiger partial charge in [-0.3, -0.25) is 4.79 Å². The smallest absolute Gasteiger partial charge is 0.260 e. The molecule has 2 aromatic rings. The van der Waals surface area contributed by atoms with Crippen LogP contribution in [-0.2, 0) is 11.2 Å². The molecule has 25 heavy (non-hydrogen) atoms. The van der Waals surface area contributed by atoms with Crippen molar-refractivity contribution in [3.05, 3.63) is 60.2 Å². The lowest BCUT2D eigenvalue weighted by Gasteiger charge is -2.14. The van der Waals surface area contributed by atoms with Crippen LogP contribution in [-0.4, -0.2) is 24.7 Å². The molecule has 2 aromatic carbocycles. The molecule has 1 atom stereocenters. The molecule has 0 heterocycles. The van der Waals surface area contributed by atoms with Crippen molar-refractivity contribution in [1.82, 2.24) is 5.32 Å². The zero-order valence-electron chi connectivity index (χ0n) is 15.2. The molecule has 0 radical (unpaired) electrons. The molecule has 0 spiro atoms. The first-order valence-electron chi connectivity index (χ1n) is 8.79. The van der Waals surface area contributed by atoms with E-state index >= 15 is 0 Å². The molecule has 4 nitrogen and oxygen atoms in total. The fourth-order valence-corrected chi connectivity index (χ4v) is 2.41. The zero-order chi connectivity index (χ0) is 18.1. The first kappa shape index (κ1) is 18.8. The molecule has 0 fully saturated rings. The van der Waals surface area contributed by atoms with Crippen molar-refractivity contribution < 1.29 is 14.3 Å². The second-order valence-electron chi connectivity index (χ2n) is 6.28. The first-order chi connectivity index (χ1) is 12.0. The van der Waals surface area contributed by atoms with Crippen molar-refractivity contribution in [1.29, 1.82) is 0 Å². The number of carbonyl (C=O) groups is 1. The van der Waals surface area contributed by atoms with Crippen LogP contribution in [0.4, 0.5) is 0 Å². The topological polar surface area (TPSA) is 47.6 Å². The molecule has 0 aromatic heterocycles. The lowest BCUT2D eigenvalue weighted by atomic mass is 10.1. The normalized spacial score (nSPS) is 11.8. The van der Waals surface area contributed by atoms with Gasteiger partial charge in [-0.25, -0.2) is 0 Å². The molecule has 1 amide bonds. The lowest BCUT2D eigenvalue weighted by molar-refractivity contribution is -0.127. The average molecular weight is 341 g/mol. The second-order valence-corrected chi connectivity index (χ2v) is 6.28. The summed E-state index contributed by atoms with van der Waals surface area (Å²) in [6.45, 7) is 6.42. The van der Waals surface area contributed by atoms with Gasteiger partial charge in [0.25, 0.3) is 5.91 Å². The molecule has 0 bridgehead atoms. The zero-order valence-corrected chi connectivity index (χ0v) is 15.2. The highest BCUT2D eigenvalue weighted by molar-refractivity contribution is 5.80. The molecule has 0 aliphatic rings. The van der Waals surface area contributed by atoms with E-state index < -0.39 is 6.10 Å². The van der Waals surface area contributed by atoms with Crippen molar-refractivity contribution in [2.24, 2.45) is 0 Å². The Morgan fingerprint density at radius 2 is 1.56 bits per heavy atom. The van der Waals surface area contributed by atoms with Crippen molar-refractivity contribution in [2.75, 3.05) is 6.54 Å². The molecule has 134 valence electrons. The van der Waals surface area contributed by atoms with E-state index in [0.717, 1.165) is 18.6 Å². The summed E-state index contributed by atoms with van der Waals surface area (Å²) >= 11 is 0. The van der Waals surface area contributed by atoms with E-state index in [-0.39, 0.29) is 12.0 Å². The quantitative estimate of drug-likeness (QED) is 0.702. The maximum atomic E-state index is 12.1. The van der Waals surface area contributed by atoms with Gasteiger partial charge in [-0.2, -0.15) is 0 Å². The lowest BCUT2D eigenvalue weighted by Crippen LogP contribution is -2.36. The first-order valence-corrected chi connectivity index (χ1v) is 8.79. The number of carbonyl (C=O) groups excluding carboxylic acids is 1. The van der Waals surface area contributed by atoms with Crippen LogP contribution in [0.2, 0.25) is 0 Å². The van der Waals surface area contributed by atoms with Gasteiger partial charge < -0.3 is 14.8 Å². The minimum Gasteiger partial charge on any atom is -0.491 e. The van der Waals surface area contributed by atoms with E-state index in [9.17, 15) is 4.79 Å². The van der Waals surface area contributed by atoms with Crippen LogP contribution in [0.5, 0.6) is 11.5 Å². The van der Waals surface area contributed by atoms with Gasteiger partial charge in [0, 0.05) is 6.54 Å². The Balaban J connectivity index is 1.67. The van der Waals surface area contributed by atoms with Crippen molar-refractivity contribution in [3.8, 4) is 11.5 Å². The van der Waals surface area contributed by atoms with Gasteiger partial charge in [-0.05, 0) is 63.4 Å².